The summed E-state index contributed by atoms with van der Waals surface area (Å²) in [5.41, 5.74) is 3.22. The maximum Gasteiger partial charge on any atom is 0.333 e. The van der Waals surface area contributed by atoms with E-state index in [1.807, 2.05) is 49.4 Å². The van der Waals surface area contributed by atoms with Crippen LogP contribution in [0.15, 0.2) is 82.8 Å². The quantitative estimate of drug-likeness (QED) is 0.354. The van der Waals surface area contributed by atoms with E-state index in [0.29, 0.717) is 20.9 Å². The summed E-state index contributed by atoms with van der Waals surface area (Å²) >= 11 is 7.93. The first-order valence-electron chi connectivity index (χ1n) is 10.7. The minimum atomic E-state index is -0.529. The van der Waals surface area contributed by atoms with Gasteiger partial charge in [0.15, 0.2) is 0 Å². The predicted octanol–water partition coefficient (Wildman–Crippen LogP) is 5.37. The summed E-state index contributed by atoms with van der Waals surface area (Å²) in [5.74, 6) is 0. The van der Waals surface area contributed by atoms with Gasteiger partial charge in [-0.2, -0.15) is 10.2 Å². The molecule has 0 aliphatic heterocycles. The smallest absolute Gasteiger partial charge is 0.306 e. The molecule has 170 valence electrons. The van der Waals surface area contributed by atoms with Crippen molar-refractivity contribution in [2.24, 2.45) is 0 Å². The second-order valence-corrected chi connectivity index (χ2v) is 9.51. The Morgan fingerprint density at radius 3 is 2.71 bits per heavy atom. The fourth-order valence-electron chi connectivity index (χ4n) is 4.26. The van der Waals surface area contributed by atoms with Crippen molar-refractivity contribution in [1.82, 2.24) is 24.7 Å². The van der Waals surface area contributed by atoms with Gasteiger partial charge in [0.2, 0.25) is 0 Å². The van der Waals surface area contributed by atoms with Gasteiger partial charge in [0.05, 0.1) is 29.3 Å². The van der Waals surface area contributed by atoms with E-state index < -0.39 is 11.2 Å². The molecule has 1 N–H and O–H groups in total. The molecule has 0 spiro atoms. The number of pyridine rings is 1. The molecular weight excluding hydrogens is 482 g/mol. The lowest BCUT2D eigenvalue weighted by Crippen LogP contribution is -2.33. The number of fused-ring (bicyclic) bond motifs is 2. The molecule has 6 aromatic rings. The van der Waals surface area contributed by atoms with E-state index in [0.717, 1.165) is 42.6 Å². The number of hydrogen-bond donors (Lipinski definition) is 1. The molecule has 0 amide bonds. The van der Waals surface area contributed by atoms with E-state index in [2.05, 4.69) is 20.2 Å². The number of benzene rings is 2. The van der Waals surface area contributed by atoms with Gasteiger partial charge in [-0.25, -0.2) is 9.36 Å². The summed E-state index contributed by atoms with van der Waals surface area (Å²) in [6, 6.07) is 16.8. The number of aryl methyl sites for hydroxylation is 1. The standard InChI is InChI=1S/C26H16ClN5O2S/c1-14-9-16(12-29-31-14)18-7-4-8-19(27)23(18)22-10-20-24(35-22)25(33)32(26(34)30-20)21-13-28-11-15-5-2-3-6-17(15)21/h2-13H,1H3,(H,30,34). The van der Waals surface area contributed by atoms with Crippen molar-refractivity contribution in [2.75, 3.05) is 0 Å². The molecule has 0 radical (unpaired) electrons. The molecule has 7 nitrogen and oxygen atoms in total. The average molecular weight is 498 g/mol. The van der Waals surface area contributed by atoms with Crippen LogP contribution in [-0.4, -0.2) is 24.7 Å². The van der Waals surface area contributed by atoms with Gasteiger partial charge in [0, 0.05) is 38.0 Å². The Bertz CT molecular complexity index is 1880. The van der Waals surface area contributed by atoms with E-state index in [1.54, 1.807) is 24.5 Å². The predicted molar refractivity (Wildman–Crippen MR) is 140 cm³/mol. The normalized spacial score (nSPS) is 11.4. The molecule has 6 rings (SSSR count). The summed E-state index contributed by atoms with van der Waals surface area (Å²) < 4.78 is 1.56. The van der Waals surface area contributed by atoms with Crippen LogP contribution in [0.4, 0.5) is 0 Å². The zero-order valence-corrected chi connectivity index (χ0v) is 19.9. The van der Waals surface area contributed by atoms with Gasteiger partial charge >= 0.3 is 5.69 Å². The molecule has 0 fully saturated rings. The Labute approximate surface area is 207 Å². The van der Waals surface area contributed by atoms with Gasteiger partial charge in [-0.05, 0) is 30.7 Å². The Morgan fingerprint density at radius 1 is 1.00 bits per heavy atom. The molecule has 0 atom stereocenters. The van der Waals surface area contributed by atoms with E-state index in [9.17, 15) is 9.59 Å². The van der Waals surface area contributed by atoms with E-state index >= 15 is 0 Å². The second-order valence-electron chi connectivity index (χ2n) is 8.05. The lowest BCUT2D eigenvalue weighted by Gasteiger charge is -2.10. The van der Waals surface area contributed by atoms with E-state index in [1.165, 1.54) is 17.5 Å². The highest BCUT2D eigenvalue weighted by Gasteiger charge is 2.19. The molecule has 4 heterocycles. The Hall–Kier alpha value is -4.14. The van der Waals surface area contributed by atoms with Crippen molar-refractivity contribution in [2.45, 2.75) is 6.92 Å². The summed E-state index contributed by atoms with van der Waals surface area (Å²) in [4.78, 5) is 34.5. The van der Waals surface area contributed by atoms with Crippen molar-refractivity contribution in [3.8, 4) is 27.3 Å². The topological polar surface area (TPSA) is 93.5 Å². The summed E-state index contributed by atoms with van der Waals surface area (Å²) in [5, 5.41) is 10.2. The SMILES string of the molecule is Cc1cc(-c2cccc(Cl)c2-c2cc3[nH]c(=O)n(-c4cncc5ccccc45)c(=O)c3s2)cnn1. The van der Waals surface area contributed by atoms with Crippen LogP contribution in [0.1, 0.15) is 5.69 Å². The van der Waals surface area contributed by atoms with Crippen molar-refractivity contribution >= 4 is 43.9 Å². The molecule has 0 aliphatic carbocycles. The second kappa shape index (κ2) is 8.26. The van der Waals surface area contributed by atoms with Gasteiger partial charge in [0.25, 0.3) is 5.56 Å². The van der Waals surface area contributed by atoms with Crippen LogP contribution in [0.25, 0.3) is 48.2 Å². The maximum atomic E-state index is 13.6. The lowest BCUT2D eigenvalue weighted by atomic mass is 10.00. The lowest BCUT2D eigenvalue weighted by molar-refractivity contribution is 0.905. The third kappa shape index (κ3) is 3.54. The monoisotopic (exact) mass is 497 g/mol. The molecule has 0 aliphatic rings. The molecule has 0 bridgehead atoms. The van der Waals surface area contributed by atoms with Gasteiger partial charge in [-0.1, -0.05) is 48.0 Å². The number of hydrogen-bond acceptors (Lipinski definition) is 6. The van der Waals surface area contributed by atoms with Crippen molar-refractivity contribution < 1.29 is 0 Å². The van der Waals surface area contributed by atoms with Crippen molar-refractivity contribution in [1.29, 1.82) is 0 Å². The highest BCUT2D eigenvalue weighted by molar-refractivity contribution is 7.22. The van der Waals surface area contributed by atoms with Crippen LogP contribution in [0.3, 0.4) is 0 Å². The van der Waals surface area contributed by atoms with Gasteiger partial charge < -0.3 is 4.98 Å². The highest BCUT2D eigenvalue weighted by Crippen LogP contribution is 2.41. The number of halogens is 1. The zero-order chi connectivity index (χ0) is 24.1. The third-order valence-electron chi connectivity index (χ3n) is 5.81. The maximum absolute atomic E-state index is 13.6. The first kappa shape index (κ1) is 21.4. The molecule has 35 heavy (non-hydrogen) atoms. The van der Waals surface area contributed by atoms with Crippen LogP contribution in [-0.2, 0) is 0 Å². The number of nitrogens with zero attached hydrogens (tertiary/aromatic N) is 4. The molecule has 2 aromatic carbocycles. The Balaban J connectivity index is 1.60. The molecule has 4 aromatic heterocycles. The number of thiophene rings is 1. The summed E-state index contributed by atoms with van der Waals surface area (Å²) in [6.45, 7) is 1.87. The zero-order valence-electron chi connectivity index (χ0n) is 18.3. The van der Waals surface area contributed by atoms with E-state index in [-0.39, 0.29) is 0 Å². The Kier molecular flexibility index (Phi) is 5.05. The number of aromatic amines is 1. The molecule has 0 unspecified atom stereocenters. The van der Waals surface area contributed by atoms with Crippen molar-refractivity contribution in [3.63, 3.8) is 0 Å². The fourth-order valence-corrected chi connectivity index (χ4v) is 5.71. The van der Waals surface area contributed by atoms with Crippen LogP contribution in [0.2, 0.25) is 5.02 Å². The molecular formula is C26H16ClN5O2S. The molecule has 9 heteroatoms. The van der Waals surface area contributed by atoms with Crippen molar-refractivity contribution in [3.05, 3.63) is 105 Å². The number of H-pyrrole nitrogens is 1. The largest absolute Gasteiger partial charge is 0.333 e. The van der Waals surface area contributed by atoms with Crippen LogP contribution in [0, 0.1) is 6.92 Å². The number of aromatic nitrogens is 5. The van der Waals surface area contributed by atoms with Gasteiger partial charge in [-0.15, -0.1) is 11.3 Å². The first-order chi connectivity index (χ1) is 17.0. The molecule has 0 saturated carbocycles. The van der Waals surface area contributed by atoms with Gasteiger partial charge in [-0.3, -0.25) is 9.78 Å². The van der Waals surface area contributed by atoms with Crippen LogP contribution < -0.4 is 11.2 Å². The van der Waals surface area contributed by atoms with Crippen LogP contribution >= 0.6 is 22.9 Å². The average Bonchev–Trinajstić information content (AvgIpc) is 3.28. The van der Waals surface area contributed by atoms with Gasteiger partial charge in [0.1, 0.15) is 4.70 Å². The molecule has 0 saturated heterocycles. The number of rotatable bonds is 3. The minimum Gasteiger partial charge on any atom is -0.306 e. The van der Waals surface area contributed by atoms with E-state index in [4.69, 9.17) is 11.6 Å². The number of nitrogens with one attached hydrogen (secondary N) is 1. The third-order valence-corrected chi connectivity index (χ3v) is 7.27. The Morgan fingerprint density at radius 2 is 1.86 bits per heavy atom. The summed E-state index contributed by atoms with van der Waals surface area (Å²) in [6.07, 6.45) is 4.91. The van der Waals surface area contributed by atoms with Crippen LogP contribution in [0.5, 0.6) is 0 Å². The summed E-state index contributed by atoms with van der Waals surface area (Å²) in [7, 11) is 0. The first-order valence-corrected chi connectivity index (χ1v) is 11.9. The fraction of sp³-hybridized carbons (Fsp3) is 0.0385. The highest BCUT2D eigenvalue weighted by atomic mass is 35.5. The minimum absolute atomic E-state index is 0.409.